The van der Waals surface area contributed by atoms with Gasteiger partial charge in [0, 0.05) is 76.0 Å². The third kappa shape index (κ3) is 10.5. The van der Waals surface area contributed by atoms with Gasteiger partial charge in [-0.2, -0.15) is 0 Å². The van der Waals surface area contributed by atoms with Gasteiger partial charge in [0.15, 0.2) is 0 Å². The van der Waals surface area contributed by atoms with E-state index in [1.54, 1.807) is 0 Å². The summed E-state index contributed by atoms with van der Waals surface area (Å²) in [6.45, 7) is 75.8. The minimum atomic E-state index is -2.46. The van der Waals surface area contributed by atoms with Gasteiger partial charge in [-0.1, -0.05) is 215 Å². The van der Waals surface area contributed by atoms with E-state index >= 15 is 0 Å². The first-order valence-electron chi connectivity index (χ1n) is 20.0. The van der Waals surface area contributed by atoms with Crippen molar-refractivity contribution in [3.05, 3.63) is 0 Å². The Kier molecular flexibility index (Phi) is 16.7. The van der Waals surface area contributed by atoms with Gasteiger partial charge < -0.3 is 0 Å². The summed E-state index contributed by atoms with van der Waals surface area (Å²) < 4.78 is 0. The van der Waals surface area contributed by atoms with E-state index in [9.17, 15) is 10.5 Å². The van der Waals surface area contributed by atoms with Gasteiger partial charge in [-0.15, -0.1) is 0 Å². The maximum Gasteiger partial charge on any atom is 0.118 e. The summed E-state index contributed by atoms with van der Waals surface area (Å²) in [6.07, 6.45) is 0. The van der Waals surface area contributed by atoms with Crippen LogP contribution in [0.2, 0.25) is 187 Å². The molecule has 0 aliphatic carbocycles. The van der Waals surface area contributed by atoms with E-state index in [-0.39, 0.29) is 0 Å². The predicted octanol–water partition coefficient (Wildman–Crippen LogP) is 13.6. The highest BCUT2D eigenvalue weighted by Crippen LogP contribution is 2.60. The molecule has 0 aliphatic rings. The Morgan fingerprint density at radius 3 is 0.480 bits per heavy atom. The minimum absolute atomic E-state index is 0.560. The molecule has 0 N–H and O–H groups in total. The molecule has 0 bridgehead atoms. The first kappa shape index (κ1) is 51.6. The quantitative estimate of drug-likeness (QED) is 0.145. The highest BCUT2D eigenvalue weighted by molar-refractivity contribution is 7.66. The van der Waals surface area contributed by atoms with Gasteiger partial charge >= 0.3 is 0 Å². The van der Waals surface area contributed by atoms with Gasteiger partial charge in [0.05, 0.1) is 15.2 Å². The van der Waals surface area contributed by atoms with Crippen LogP contribution >= 0.6 is 0 Å². The van der Waals surface area contributed by atoms with Crippen molar-refractivity contribution in [1.29, 1.82) is 10.5 Å². The van der Waals surface area contributed by atoms with E-state index in [4.69, 9.17) is 0 Å². The van der Waals surface area contributed by atoms with Crippen LogP contribution in [0, 0.1) is 21.9 Å². The summed E-state index contributed by atoms with van der Waals surface area (Å²) in [5.74, 6) is 0. The molecule has 0 aliphatic heterocycles. The summed E-state index contributed by atoms with van der Waals surface area (Å²) in [5.41, 5.74) is 8.26. The van der Waals surface area contributed by atoms with E-state index in [1.807, 2.05) is 0 Å². The third-order valence-electron chi connectivity index (χ3n) is 12.1. The lowest BCUT2D eigenvalue weighted by Crippen LogP contribution is -2.80. The molecule has 292 valence electrons. The molecular weight excluding hydrogens is 797 g/mol. The zero-order valence-electron chi connectivity index (χ0n) is 39.4. The number of nitriles is 2. The van der Waals surface area contributed by atoms with Crippen LogP contribution in [0.1, 0.15) is 27.7 Å². The van der Waals surface area contributed by atoms with Crippen LogP contribution in [-0.2, 0) is 0 Å². The molecule has 50 heavy (non-hydrogen) atoms. The lowest BCUT2D eigenvalue weighted by molar-refractivity contribution is 0.987. The van der Waals surface area contributed by atoms with Crippen molar-refractivity contribution in [1.82, 2.24) is 0 Å². The zero-order chi connectivity index (χ0) is 41.0. The highest BCUT2D eigenvalue weighted by Gasteiger charge is 2.70. The zero-order valence-corrected chi connectivity index (χ0v) is 51.4. The lowest BCUT2D eigenvalue weighted by atomic mass is 10.6. The first-order chi connectivity index (χ1) is 21.5. The van der Waals surface area contributed by atoms with Crippen LogP contribution in [0.25, 0.3) is 0 Å². The number of hydrogen-bond acceptors (Lipinski definition) is 2. The minimum Gasteiger partial charge on any atom is -0.203 e. The van der Waals surface area contributed by atoms with Crippen LogP contribution in [-0.4, -0.2) is 94.6 Å². The van der Waals surface area contributed by atoms with Crippen LogP contribution in [0.4, 0.5) is 0 Å². The van der Waals surface area contributed by atoms with E-state index in [0.717, 1.165) is 19.2 Å². The fourth-order valence-corrected chi connectivity index (χ4v) is 219. The lowest BCUT2D eigenvalue weighted by Gasteiger charge is -2.64. The van der Waals surface area contributed by atoms with Gasteiger partial charge in [-0.3, -0.25) is 0 Å². The molecule has 0 saturated carbocycles. The summed E-state index contributed by atoms with van der Waals surface area (Å²) in [5, 5.41) is 25.1. The second-order valence-electron chi connectivity index (χ2n) is 25.8. The normalized spacial score (nSPS) is 16.2. The Morgan fingerprint density at radius 2 is 0.420 bits per heavy atom. The Bertz CT molecular complexity index is 1060. The van der Waals surface area contributed by atoms with Gasteiger partial charge in [0.2, 0.25) is 0 Å². The van der Waals surface area contributed by atoms with Crippen molar-refractivity contribution in [2.75, 3.05) is 0 Å². The average molecular weight is 888 g/mol. The van der Waals surface area contributed by atoms with Crippen molar-refractivity contribution >= 4 is 94.6 Å². The van der Waals surface area contributed by atoms with Gasteiger partial charge in [0.25, 0.3) is 0 Å². The molecule has 0 unspecified atom stereocenters. The molecule has 0 saturated heterocycles. The Balaban J connectivity index is 10.5. The first-order valence-corrected chi connectivity index (χ1v) is 59.1. The maximum atomic E-state index is 12.5. The molecule has 0 fully saturated rings. The SMILES string of the molecule is CC(C)[Si](C([Si](C)(C)C)[Si](C)(C)C)(C([Si](C)(C)C)[Si](C)(C)C)/[Si](C#N)=[Si](\C#N)[Si](C(C)C)(C([Si](C)(C)C)[Si](C)(C)C)C([Si](C)(C)C)[Si](C)(C)C. The van der Waals surface area contributed by atoms with Crippen LogP contribution in [0.3, 0.4) is 0 Å². The fourth-order valence-electron chi connectivity index (χ4n) is 14.5. The summed E-state index contributed by atoms with van der Waals surface area (Å²) in [7, 11) is -22.4. The average Bonchev–Trinajstić information content (AvgIpc) is 2.73. The van der Waals surface area contributed by atoms with Crippen LogP contribution in [0.5, 0.6) is 0 Å². The monoisotopic (exact) mass is 886 g/mol. The van der Waals surface area contributed by atoms with E-state index in [1.165, 1.54) is 0 Å². The summed E-state index contributed by atoms with van der Waals surface area (Å²) in [4.78, 5) is 3.06. The molecule has 0 amide bonds. The predicted molar refractivity (Wildman–Crippen MR) is 266 cm³/mol. The molecule has 0 aromatic rings. The standard InChI is InChI=1S/C36H90N2Si12/c1-31(2)49(33(41(5,6)7)42(8,9)10,34(43(11,12)13)44(14,15)16)39(29-37)40(30-38)50(32(3)4,35(45(17,18)19)46(20,21)22)36(47(23,24)25)48(26,27)28/h31-36H,1-28H3/b40-39+. The van der Waals surface area contributed by atoms with E-state index in [2.05, 4.69) is 196 Å². The topological polar surface area (TPSA) is 47.6 Å². The van der Waals surface area contributed by atoms with E-state index in [0.29, 0.717) is 11.1 Å². The van der Waals surface area contributed by atoms with Gasteiger partial charge in [-0.25, -0.2) is 10.5 Å². The Hall–Kier alpha value is 1.58. The van der Waals surface area contributed by atoms with Crippen LogP contribution in [0.15, 0.2) is 0 Å². The number of nitrogens with zero attached hydrogens (tertiary/aromatic N) is 2. The Morgan fingerprint density at radius 1 is 0.300 bits per heavy atom. The second-order valence-corrected chi connectivity index (χ2v) is 99.7. The highest BCUT2D eigenvalue weighted by atomic mass is 29.6. The summed E-state index contributed by atoms with van der Waals surface area (Å²) in [6, 6.07) is 0. The Labute approximate surface area is 329 Å². The van der Waals surface area contributed by atoms with Gasteiger partial charge in [-0.05, 0) is 0 Å². The molecule has 0 atom stereocenters. The van der Waals surface area contributed by atoms with Gasteiger partial charge in [0.1, 0.15) is 14.8 Å². The molecule has 14 heteroatoms. The van der Waals surface area contributed by atoms with Crippen molar-refractivity contribution in [3.8, 4) is 11.4 Å². The number of hydrogen-bond donors (Lipinski definition) is 0. The number of rotatable bonds is 16. The smallest absolute Gasteiger partial charge is 0.118 e. The molecule has 0 spiro atoms. The third-order valence-corrected chi connectivity index (χ3v) is 126. The molecule has 0 heterocycles. The molecule has 0 rings (SSSR count). The van der Waals surface area contributed by atoms with Crippen molar-refractivity contribution in [2.24, 2.45) is 0 Å². The fraction of sp³-hybridized carbons (Fsp3) is 0.944. The van der Waals surface area contributed by atoms with Crippen LogP contribution < -0.4 is 0 Å². The molecule has 0 aromatic carbocycles. The maximum absolute atomic E-state index is 12.5. The van der Waals surface area contributed by atoms with Crippen molar-refractivity contribution in [2.45, 2.75) is 215 Å². The summed E-state index contributed by atoms with van der Waals surface area (Å²) >= 11 is 0. The molecule has 0 aromatic heterocycles. The van der Waals surface area contributed by atoms with E-state index < -0.39 is 94.6 Å². The molecule has 0 radical (unpaired) electrons. The second kappa shape index (κ2) is 16.2. The molecule has 2 nitrogen and oxygen atoms in total. The largest absolute Gasteiger partial charge is 0.203 e. The van der Waals surface area contributed by atoms with Crippen molar-refractivity contribution in [3.63, 3.8) is 0 Å². The molecular formula is C36H90N2Si12. The van der Waals surface area contributed by atoms with Crippen molar-refractivity contribution < 1.29 is 0 Å².